The van der Waals surface area contributed by atoms with Crippen molar-refractivity contribution in [3.05, 3.63) is 36.3 Å². The van der Waals surface area contributed by atoms with Crippen molar-refractivity contribution in [3.63, 3.8) is 0 Å². The number of Topliss-reactive ketones (excluding diaryl/α,β-unsaturated/α-hetero) is 1. The van der Waals surface area contributed by atoms with Gasteiger partial charge in [-0.2, -0.15) is 10.4 Å². The minimum absolute atomic E-state index is 0.0748. The van der Waals surface area contributed by atoms with Crippen molar-refractivity contribution in [2.45, 2.75) is 26.3 Å². The molecule has 0 aliphatic heterocycles. The van der Waals surface area contributed by atoms with E-state index < -0.39 is 13.0 Å². The number of alkyl halides is 2. The first-order valence-corrected chi connectivity index (χ1v) is 8.95. The lowest BCUT2D eigenvalue weighted by atomic mass is 10.0. The highest BCUT2D eigenvalue weighted by Crippen LogP contribution is 2.31. The Balaban J connectivity index is 2.08. The molecule has 154 valence electrons. The van der Waals surface area contributed by atoms with Gasteiger partial charge in [-0.3, -0.25) is 9.48 Å². The first-order chi connectivity index (χ1) is 14.4. The third kappa shape index (κ3) is 4.72. The smallest absolute Gasteiger partial charge is 0.257 e. The van der Waals surface area contributed by atoms with E-state index in [0.29, 0.717) is 29.1 Å². The maximum absolute atomic E-state index is 12.9. The Hall–Kier alpha value is -3.94. The predicted octanol–water partition coefficient (Wildman–Crippen LogP) is 2.78. The second kappa shape index (κ2) is 9.04. The molecule has 0 amide bonds. The van der Waals surface area contributed by atoms with Crippen LogP contribution in [0.1, 0.15) is 23.7 Å². The van der Waals surface area contributed by atoms with E-state index in [0.717, 1.165) is 4.68 Å². The van der Waals surface area contributed by atoms with Crippen LogP contribution in [-0.2, 0) is 6.54 Å². The number of pyridine rings is 1. The average molecular weight is 412 g/mol. The molecule has 0 fully saturated rings. The van der Waals surface area contributed by atoms with Gasteiger partial charge >= 0.3 is 0 Å². The number of anilines is 2. The highest BCUT2D eigenvalue weighted by molar-refractivity contribution is 5.99. The zero-order valence-electron chi connectivity index (χ0n) is 16.0. The molecule has 0 aromatic carbocycles. The fourth-order valence-electron chi connectivity index (χ4n) is 2.77. The van der Waals surface area contributed by atoms with Gasteiger partial charge in [0.25, 0.3) is 6.43 Å². The number of nitriles is 1. The molecule has 0 saturated heterocycles. The number of hydrogen-bond donors (Lipinski definition) is 2. The summed E-state index contributed by atoms with van der Waals surface area (Å²) in [5, 5.41) is 15.8. The molecular weight excluding hydrogens is 394 g/mol. The number of hydrogen-bond acceptors (Lipinski definition) is 8. The van der Waals surface area contributed by atoms with Gasteiger partial charge in [0.2, 0.25) is 5.95 Å². The van der Waals surface area contributed by atoms with Crippen LogP contribution in [0.15, 0.2) is 30.7 Å². The van der Waals surface area contributed by atoms with Crippen molar-refractivity contribution in [3.8, 4) is 28.6 Å². The van der Waals surface area contributed by atoms with Crippen molar-refractivity contribution < 1.29 is 13.6 Å². The Morgan fingerprint density at radius 2 is 2.20 bits per heavy atom. The van der Waals surface area contributed by atoms with Gasteiger partial charge in [-0.25, -0.2) is 23.7 Å². The summed E-state index contributed by atoms with van der Waals surface area (Å²) in [5.41, 5.74) is 7.63. The van der Waals surface area contributed by atoms with Crippen molar-refractivity contribution in [1.82, 2.24) is 24.7 Å². The second-order valence-corrected chi connectivity index (χ2v) is 6.32. The molecule has 0 spiro atoms. The van der Waals surface area contributed by atoms with Crippen LogP contribution in [0.2, 0.25) is 0 Å². The van der Waals surface area contributed by atoms with Gasteiger partial charge in [0, 0.05) is 36.3 Å². The van der Waals surface area contributed by atoms with Crippen LogP contribution >= 0.6 is 0 Å². The zero-order chi connectivity index (χ0) is 21.7. The van der Waals surface area contributed by atoms with Gasteiger partial charge < -0.3 is 11.1 Å². The van der Waals surface area contributed by atoms with Crippen LogP contribution in [0.4, 0.5) is 20.5 Å². The summed E-state index contributed by atoms with van der Waals surface area (Å²) in [6, 6.07) is 5.14. The highest BCUT2D eigenvalue weighted by atomic mass is 19.3. The Morgan fingerprint density at radius 1 is 1.40 bits per heavy atom. The van der Waals surface area contributed by atoms with E-state index in [1.54, 1.807) is 6.07 Å². The van der Waals surface area contributed by atoms with Crippen LogP contribution in [0.5, 0.6) is 0 Å². The summed E-state index contributed by atoms with van der Waals surface area (Å²) in [6.07, 6.45) is 2.06. The Bertz CT molecular complexity index is 1110. The number of nitrogens with one attached hydrogen (secondary N) is 1. The second-order valence-electron chi connectivity index (χ2n) is 6.32. The Kier molecular flexibility index (Phi) is 6.26. The SMILES string of the molecule is CC(=O)c1cc(-c2nn(CC(F)F)cc2-c2ccnc(NCCC#N)n2)cnc1N. The molecule has 0 bridgehead atoms. The van der Waals surface area contributed by atoms with E-state index >= 15 is 0 Å². The van der Waals surface area contributed by atoms with Gasteiger partial charge in [0.1, 0.15) is 18.1 Å². The fourth-order valence-corrected chi connectivity index (χ4v) is 2.77. The molecule has 3 aromatic heterocycles. The van der Waals surface area contributed by atoms with Crippen LogP contribution < -0.4 is 11.1 Å². The molecule has 3 rings (SSSR count). The summed E-state index contributed by atoms with van der Waals surface area (Å²) >= 11 is 0. The molecule has 11 heteroatoms. The third-order valence-electron chi connectivity index (χ3n) is 4.11. The highest BCUT2D eigenvalue weighted by Gasteiger charge is 2.19. The minimum atomic E-state index is -2.60. The maximum Gasteiger partial charge on any atom is 0.257 e. The summed E-state index contributed by atoms with van der Waals surface area (Å²) in [5.74, 6) is 0.0856. The molecule has 3 aromatic rings. The van der Waals surface area contributed by atoms with E-state index in [9.17, 15) is 13.6 Å². The number of aromatic nitrogens is 5. The van der Waals surface area contributed by atoms with Gasteiger partial charge in [-0.15, -0.1) is 0 Å². The number of rotatable bonds is 8. The lowest BCUT2D eigenvalue weighted by molar-refractivity contribution is 0.101. The number of nitrogens with zero attached hydrogens (tertiary/aromatic N) is 6. The summed E-state index contributed by atoms with van der Waals surface area (Å²) < 4.78 is 27.0. The van der Waals surface area contributed by atoms with Crippen LogP contribution in [-0.4, -0.2) is 43.5 Å². The number of carbonyl (C=O) groups excluding carboxylic acids is 1. The number of nitrogens with two attached hydrogens (primary N) is 1. The van der Waals surface area contributed by atoms with Gasteiger partial charge in [-0.05, 0) is 19.1 Å². The first kappa shape index (κ1) is 20.8. The molecule has 0 atom stereocenters. The summed E-state index contributed by atoms with van der Waals surface area (Å²) in [7, 11) is 0. The quantitative estimate of drug-likeness (QED) is 0.426. The van der Waals surface area contributed by atoms with Crippen molar-refractivity contribution in [2.24, 2.45) is 0 Å². The van der Waals surface area contributed by atoms with Gasteiger partial charge in [0.15, 0.2) is 5.78 Å². The lowest BCUT2D eigenvalue weighted by Crippen LogP contribution is -2.07. The van der Waals surface area contributed by atoms with E-state index in [1.165, 1.54) is 31.6 Å². The zero-order valence-corrected chi connectivity index (χ0v) is 16.0. The Morgan fingerprint density at radius 3 is 2.90 bits per heavy atom. The van der Waals surface area contributed by atoms with Crippen LogP contribution in [0, 0.1) is 11.3 Å². The van der Waals surface area contributed by atoms with E-state index in [4.69, 9.17) is 11.0 Å². The third-order valence-corrected chi connectivity index (χ3v) is 4.11. The van der Waals surface area contributed by atoms with E-state index in [-0.39, 0.29) is 29.5 Å². The number of nitrogen functional groups attached to an aromatic ring is 1. The fraction of sp³-hybridized carbons (Fsp3) is 0.263. The standard InChI is InChI=1S/C19H18F2N8O/c1-11(30)13-7-12(8-26-18(13)23)17-14(9-29(28-17)10-16(20)21)15-3-6-25-19(27-15)24-5-2-4-22/h3,6-9,16H,2,5,10H2,1H3,(H2,23,26)(H,24,25,27). The number of ketones is 1. The monoisotopic (exact) mass is 412 g/mol. The van der Waals surface area contributed by atoms with E-state index in [2.05, 4.69) is 25.4 Å². The van der Waals surface area contributed by atoms with Gasteiger partial charge in [0.05, 0.1) is 23.7 Å². The Labute approximate surface area is 170 Å². The molecule has 0 aliphatic carbocycles. The number of carbonyl (C=O) groups is 1. The summed E-state index contributed by atoms with van der Waals surface area (Å²) in [4.78, 5) is 24.3. The molecular formula is C19H18F2N8O. The molecule has 0 unspecified atom stereocenters. The van der Waals surface area contributed by atoms with Crippen molar-refractivity contribution >= 4 is 17.5 Å². The lowest BCUT2D eigenvalue weighted by Gasteiger charge is -2.07. The normalized spacial score (nSPS) is 10.8. The predicted molar refractivity (Wildman–Crippen MR) is 106 cm³/mol. The van der Waals surface area contributed by atoms with Crippen molar-refractivity contribution in [1.29, 1.82) is 5.26 Å². The maximum atomic E-state index is 12.9. The number of halogens is 2. The van der Waals surface area contributed by atoms with Crippen LogP contribution in [0.25, 0.3) is 22.5 Å². The molecule has 3 heterocycles. The first-order valence-electron chi connectivity index (χ1n) is 8.95. The molecule has 3 N–H and O–H groups in total. The molecule has 30 heavy (non-hydrogen) atoms. The largest absolute Gasteiger partial charge is 0.383 e. The van der Waals surface area contributed by atoms with Crippen molar-refractivity contribution in [2.75, 3.05) is 17.6 Å². The molecule has 0 aliphatic rings. The summed E-state index contributed by atoms with van der Waals surface area (Å²) in [6.45, 7) is 1.12. The molecule has 0 saturated carbocycles. The topological polar surface area (TPSA) is 135 Å². The average Bonchev–Trinajstić information content (AvgIpc) is 3.11. The minimum Gasteiger partial charge on any atom is -0.383 e. The molecule has 9 nitrogen and oxygen atoms in total. The van der Waals surface area contributed by atoms with Crippen LogP contribution in [0.3, 0.4) is 0 Å². The molecule has 0 radical (unpaired) electrons. The van der Waals surface area contributed by atoms with Gasteiger partial charge in [-0.1, -0.05) is 0 Å². The van der Waals surface area contributed by atoms with E-state index in [1.807, 2.05) is 6.07 Å².